The lowest BCUT2D eigenvalue weighted by molar-refractivity contribution is -0.189. The van der Waals surface area contributed by atoms with Crippen molar-refractivity contribution in [1.29, 1.82) is 0 Å². The van der Waals surface area contributed by atoms with E-state index in [9.17, 15) is 26.4 Å². The van der Waals surface area contributed by atoms with E-state index in [0.717, 1.165) is 32.1 Å². The Morgan fingerprint density at radius 3 is 2.55 bits per heavy atom. The fraction of sp³-hybridized carbons (Fsp3) is 0.611. The third-order valence-corrected chi connectivity index (χ3v) is 5.41. The number of aliphatic imine (C=N–C) groups is 1. The fourth-order valence-electron chi connectivity index (χ4n) is 2.89. The Balaban J connectivity index is 2.31. The van der Waals surface area contributed by atoms with Crippen molar-refractivity contribution >= 4 is 22.0 Å². The average molecular weight is 435 g/mol. The molecule has 0 radical (unpaired) electrons. The van der Waals surface area contributed by atoms with Crippen LogP contribution in [0.2, 0.25) is 0 Å². The highest BCUT2D eigenvalue weighted by atomic mass is 32.2. The van der Waals surface area contributed by atoms with Crippen LogP contribution < -0.4 is 10.1 Å². The smallest absolute Gasteiger partial charge is 0.425 e. The molecule has 1 aromatic rings. The SMILES string of the molecule is CN=CC(C)(CS(C)(=O)=O)NC(=O)c1cc(OC(C)C(F)(F)F)c(C2CC2)cn1. The van der Waals surface area contributed by atoms with Crippen LogP contribution in [0.4, 0.5) is 13.2 Å². The number of aromatic nitrogens is 1. The Labute approximate surface area is 167 Å². The molecule has 1 aromatic heterocycles. The second-order valence-corrected chi connectivity index (χ2v) is 9.65. The molecule has 1 heterocycles. The average Bonchev–Trinajstić information content (AvgIpc) is 3.36. The second kappa shape index (κ2) is 8.29. The predicted octanol–water partition coefficient (Wildman–Crippen LogP) is 2.52. The fourth-order valence-corrected chi connectivity index (χ4v) is 4.13. The zero-order chi connectivity index (χ0) is 22.0. The normalized spacial score (nSPS) is 18.3. The van der Waals surface area contributed by atoms with Crippen molar-refractivity contribution < 1.29 is 31.1 Å². The van der Waals surface area contributed by atoms with Gasteiger partial charge in [0.1, 0.15) is 21.3 Å². The van der Waals surface area contributed by atoms with Crippen molar-refractivity contribution in [1.82, 2.24) is 10.3 Å². The van der Waals surface area contributed by atoms with Crippen LogP contribution in [-0.4, -0.2) is 62.4 Å². The van der Waals surface area contributed by atoms with Gasteiger partial charge in [-0.15, -0.1) is 0 Å². The first-order valence-corrected chi connectivity index (χ1v) is 11.0. The Hall–Kier alpha value is -2.17. The standard InChI is InChI=1S/C18H24F3N3O4S/c1-11(18(19,20)21)28-15-7-14(23-8-13(15)12-5-6-12)16(25)24-17(2,9-22-3)10-29(4,26)27/h7-9,11-12H,5-6,10H2,1-4H3,(H,24,25). The first-order valence-electron chi connectivity index (χ1n) is 8.91. The van der Waals surface area contributed by atoms with Gasteiger partial charge in [0.15, 0.2) is 6.10 Å². The Bertz CT molecular complexity index is 898. The highest BCUT2D eigenvalue weighted by molar-refractivity contribution is 7.90. The van der Waals surface area contributed by atoms with E-state index < -0.39 is 39.3 Å². The number of hydrogen-bond acceptors (Lipinski definition) is 6. The molecule has 0 spiro atoms. The van der Waals surface area contributed by atoms with Gasteiger partial charge in [-0.25, -0.2) is 8.42 Å². The summed E-state index contributed by atoms with van der Waals surface area (Å²) in [5.41, 5.74) is -0.967. The van der Waals surface area contributed by atoms with Crippen LogP contribution in [0.1, 0.15) is 48.7 Å². The number of alkyl halides is 3. The highest BCUT2D eigenvalue weighted by Crippen LogP contribution is 2.44. The van der Waals surface area contributed by atoms with Gasteiger partial charge >= 0.3 is 6.18 Å². The Morgan fingerprint density at radius 1 is 1.45 bits per heavy atom. The molecule has 0 aliphatic heterocycles. The number of nitrogens with zero attached hydrogens (tertiary/aromatic N) is 2. The maximum atomic E-state index is 12.9. The summed E-state index contributed by atoms with van der Waals surface area (Å²) in [6.07, 6.45) is -1.35. The van der Waals surface area contributed by atoms with Crippen molar-refractivity contribution in [2.24, 2.45) is 4.99 Å². The van der Waals surface area contributed by atoms with Crippen LogP contribution in [0.5, 0.6) is 5.75 Å². The van der Waals surface area contributed by atoms with Crippen molar-refractivity contribution in [2.45, 2.75) is 50.4 Å². The molecule has 0 aromatic carbocycles. The molecule has 2 unspecified atom stereocenters. The third-order valence-electron chi connectivity index (χ3n) is 4.28. The van der Waals surface area contributed by atoms with Crippen LogP contribution in [0.15, 0.2) is 17.3 Å². The van der Waals surface area contributed by atoms with E-state index in [4.69, 9.17) is 4.74 Å². The number of ether oxygens (including phenoxy) is 1. The van der Waals surface area contributed by atoms with E-state index in [-0.39, 0.29) is 17.4 Å². The molecule has 0 saturated heterocycles. The summed E-state index contributed by atoms with van der Waals surface area (Å²) in [5, 5.41) is 2.53. The zero-order valence-corrected chi connectivity index (χ0v) is 17.4. The number of hydrogen-bond donors (Lipinski definition) is 1. The van der Waals surface area contributed by atoms with Gasteiger partial charge in [-0.3, -0.25) is 14.8 Å². The maximum absolute atomic E-state index is 12.9. The summed E-state index contributed by atoms with van der Waals surface area (Å²) in [6, 6.07) is 1.16. The molecule has 1 fully saturated rings. The summed E-state index contributed by atoms with van der Waals surface area (Å²) in [4.78, 5) is 20.5. The lowest BCUT2D eigenvalue weighted by Crippen LogP contribution is -2.52. The highest BCUT2D eigenvalue weighted by Gasteiger charge is 2.39. The molecule has 2 rings (SSSR count). The molecule has 29 heavy (non-hydrogen) atoms. The van der Waals surface area contributed by atoms with E-state index in [0.29, 0.717) is 5.56 Å². The maximum Gasteiger partial charge on any atom is 0.425 e. The number of carbonyl (C=O) groups is 1. The quantitative estimate of drug-likeness (QED) is 0.633. The molecule has 1 N–H and O–H groups in total. The monoisotopic (exact) mass is 435 g/mol. The van der Waals surface area contributed by atoms with Crippen molar-refractivity contribution in [2.75, 3.05) is 19.1 Å². The van der Waals surface area contributed by atoms with Gasteiger partial charge in [0, 0.05) is 37.3 Å². The summed E-state index contributed by atoms with van der Waals surface area (Å²) in [6.45, 7) is 2.36. The Kier molecular flexibility index (Phi) is 6.61. The zero-order valence-electron chi connectivity index (χ0n) is 16.6. The molecule has 11 heteroatoms. The van der Waals surface area contributed by atoms with Gasteiger partial charge in [0.05, 0.1) is 11.3 Å². The van der Waals surface area contributed by atoms with Gasteiger partial charge in [-0.1, -0.05) is 0 Å². The topological polar surface area (TPSA) is 97.7 Å². The van der Waals surface area contributed by atoms with E-state index in [1.807, 2.05) is 0 Å². The van der Waals surface area contributed by atoms with Gasteiger partial charge < -0.3 is 10.1 Å². The van der Waals surface area contributed by atoms with Gasteiger partial charge in [-0.2, -0.15) is 13.2 Å². The number of amides is 1. The molecular formula is C18H24F3N3O4S. The summed E-state index contributed by atoms with van der Waals surface area (Å²) in [7, 11) is -2.03. The number of halogens is 3. The minimum atomic E-state index is -4.56. The van der Waals surface area contributed by atoms with Crippen molar-refractivity contribution in [3.8, 4) is 5.75 Å². The van der Waals surface area contributed by atoms with E-state index in [1.54, 1.807) is 0 Å². The molecular weight excluding hydrogens is 411 g/mol. The Morgan fingerprint density at radius 2 is 2.07 bits per heavy atom. The molecule has 1 aliphatic carbocycles. The van der Waals surface area contributed by atoms with E-state index >= 15 is 0 Å². The van der Waals surface area contributed by atoms with E-state index in [2.05, 4.69) is 15.3 Å². The van der Waals surface area contributed by atoms with Crippen molar-refractivity contribution in [3.05, 3.63) is 23.5 Å². The number of carbonyl (C=O) groups excluding carboxylic acids is 1. The number of pyridine rings is 1. The van der Waals surface area contributed by atoms with Crippen LogP contribution >= 0.6 is 0 Å². The molecule has 7 nitrogen and oxygen atoms in total. The van der Waals surface area contributed by atoms with Crippen LogP contribution in [0.25, 0.3) is 0 Å². The van der Waals surface area contributed by atoms with Crippen LogP contribution in [0, 0.1) is 0 Å². The first-order chi connectivity index (χ1) is 13.2. The minimum Gasteiger partial charge on any atom is -0.481 e. The minimum absolute atomic E-state index is 0.0496. The molecule has 0 bridgehead atoms. The largest absolute Gasteiger partial charge is 0.481 e. The summed E-state index contributed by atoms with van der Waals surface area (Å²) in [5.74, 6) is -1.15. The lowest BCUT2D eigenvalue weighted by atomic mass is 10.1. The number of sulfone groups is 1. The van der Waals surface area contributed by atoms with Crippen molar-refractivity contribution in [3.63, 3.8) is 0 Å². The van der Waals surface area contributed by atoms with Gasteiger partial charge in [0.25, 0.3) is 5.91 Å². The predicted molar refractivity (Wildman–Crippen MR) is 102 cm³/mol. The van der Waals surface area contributed by atoms with Gasteiger partial charge in [-0.05, 0) is 32.6 Å². The lowest BCUT2D eigenvalue weighted by Gasteiger charge is -2.26. The first kappa shape index (κ1) is 23.1. The van der Waals surface area contributed by atoms with Crippen LogP contribution in [-0.2, 0) is 9.84 Å². The molecule has 1 saturated carbocycles. The summed E-state index contributed by atoms with van der Waals surface area (Å²) >= 11 is 0. The van der Waals surface area contributed by atoms with E-state index in [1.165, 1.54) is 26.4 Å². The molecule has 162 valence electrons. The van der Waals surface area contributed by atoms with Gasteiger partial charge in [0.2, 0.25) is 0 Å². The van der Waals surface area contributed by atoms with Crippen LogP contribution in [0.3, 0.4) is 0 Å². The number of rotatable bonds is 8. The molecule has 1 aliphatic rings. The second-order valence-electron chi connectivity index (χ2n) is 7.51. The number of nitrogens with one attached hydrogen (secondary N) is 1. The third kappa shape index (κ3) is 6.69. The molecule has 2 atom stereocenters. The summed E-state index contributed by atoms with van der Waals surface area (Å²) < 4.78 is 67.2. The molecule has 1 amide bonds.